The molecule has 2 aromatic heterocycles. The van der Waals surface area contributed by atoms with Crippen LogP contribution in [0.25, 0.3) is 0 Å². The summed E-state index contributed by atoms with van der Waals surface area (Å²) >= 11 is 6.00. The molecule has 0 aliphatic rings. The van der Waals surface area contributed by atoms with E-state index in [0.717, 1.165) is 6.54 Å². The van der Waals surface area contributed by atoms with Gasteiger partial charge in [-0.2, -0.15) is 0 Å². The molecule has 1 N–H and O–H groups in total. The van der Waals surface area contributed by atoms with Crippen molar-refractivity contribution >= 4 is 45.3 Å². The van der Waals surface area contributed by atoms with Gasteiger partial charge in [0.05, 0.1) is 8.93 Å². The molecular formula is C11H12INS2. The van der Waals surface area contributed by atoms with Gasteiger partial charge in [-0.15, -0.1) is 22.7 Å². The summed E-state index contributed by atoms with van der Waals surface area (Å²) in [4.78, 5) is 1.39. The number of nitrogens with one attached hydrogen (secondary N) is 1. The van der Waals surface area contributed by atoms with E-state index < -0.39 is 0 Å². The maximum atomic E-state index is 3.53. The zero-order valence-electron chi connectivity index (χ0n) is 8.37. The fraction of sp³-hybridized carbons (Fsp3) is 0.273. The van der Waals surface area contributed by atoms with Gasteiger partial charge in [0.15, 0.2) is 0 Å². The van der Waals surface area contributed by atoms with E-state index >= 15 is 0 Å². The second-order valence-corrected chi connectivity index (χ2v) is 6.97. The maximum absolute atomic E-state index is 3.53. The lowest BCUT2D eigenvalue weighted by Gasteiger charge is -2.14. The van der Waals surface area contributed by atoms with Crippen molar-refractivity contribution in [1.29, 1.82) is 0 Å². The molecule has 0 saturated heterocycles. The molecule has 0 aliphatic carbocycles. The number of halogens is 1. The highest BCUT2D eigenvalue weighted by Crippen LogP contribution is 2.29. The Bertz CT molecular complexity index is 408. The minimum atomic E-state index is 0.370. The molecule has 2 rings (SSSR count). The Kier molecular flexibility index (Phi) is 4.19. The average molecular weight is 349 g/mol. The van der Waals surface area contributed by atoms with Gasteiger partial charge >= 0.3 is 0 Å². The van der Waals surface area contributed by atoms with Gasteiger partial charge in [0.25, 0.3) is 0 Å². The highest BCUT2D eigenvalue weighted by Gasteiger charge is 2.14. The topological polar surface area (TPSA) is 12.0 Å². The van der Waals surface area contributed by atoms with Crippen molar-refractivity contribution in [2.45, 2.75) is 13.0 Å². The third-order valence-electron chi connectivity index (χ3n) is 2.16. The fourth-order valence-corrected chi connectivity index (χ4v) is 3.74. The predicted octanol–water partition coefficient (Wildman–Crippen LogP) is 4.11. The van der Waals surface area contributed by atoms with E-state index in [1.54, 1.807) is 0 Å². The van der Waals surface area contributed by atoms with E-state index in [1.165, 1.54) is 13.3 Å². The van der Waals surface area contributed by atoms with Crippen LogP contribution in [-0.4, -0.2) is 6.54 Å². The minimum Gasteiger partial charge on any atom is -0.306 e. The summed E-state index contributed by atoms with van der Waals surface area (Å²) in [6, 6.07) is 6.94. The van der Waals surface area contributed by atoms with Gasteiger partial charge in [-0.1, -0.05) is 13.0 Å². The lowest BCUT2D eigenvalue weighted by Crippen LogP contribution is -2.20. The summed E-state index contributed by atoms with van der Waals surface area (Å²) < 4.78 is 1.35. The normalized spacial score (nSPS) is 12.9. The molecule has 4 heteroatoms. The van der Waals surface area contributed by atoms with Crippen molar-refractivity contribution in [3.63, 3.8) is 0 Å². The number of hydrogen-bond donors (Lipinski definition) is 1. The molecule has 0 aromatic carbocycles. The summed E-state index contributed by atoms with van der Waals surface area (Å²) in [7, 11) is 0. The molecule has 2 aromatic rings. The fourth-order valence-electron chi connectivity index (χ4n) is 1.52. The smallest absolute Gasteiger partial charge is 0.0679 e. The summed E-state index contributed by atoms with van der Waals surface area (Å²) in [6.45, 7) is 3.15. The first-order chi connectivity index (χ1) is 7.31. The Morgan fingerprint density at radius 3 is 2.87 bits per heavy atom. The lowest BCUT2D eigenvalue weighted by molar-refractivity contribution is 0.641. The molecule has 0 spiro atoms. The first-order valence-electron chi connectivity index (χ1n) is 4.82. The molecule has 0 aliphatic heterocycles. The van der Waals surface area contributed by atoms with Crippen LogP contribution in [0.15, 0.2) is 29.0 Å². The van der Waals surface area contributed by atoms with E-state index in [9.17, 15) is 0 Å². The second-order valence-electron chi connectivity index (χ2n) is 3.19. The first-order valence-corrected chi connectivity index (χ1v) is 7.65. The Hall–Kier alpha value is 0.0900. The van der Waals surface area contributed by atoms with Crippen LogP contribution in [0, 0.1) is 2.88 Å². The van der Waals surface area contributed by atoms with Gasteiger partial charge in [0.1, 0.15) is 0 Å². The molecule has 0 amide bonds. The quantitative estimate of drug-likeness (QED) is 0.819. The van der Waals surface area contributed by atoms with Crippen LogP contribution >= 0.6 is 45.3 Å². The second kappa shape index (κ2) is 5.43. The molecule has 1 atom stereocenters. The van der Waals surface area contributed by atoms with E-state index in [-0.39, 0.29) is 0 Å². The standard InChI is InChI=1S/C11H12INS2/c1-2-13-11(9-4-3-5-14-9)8-6-10(12)15-7-8/h3-7,11,13H,2H2,1H3. The lowest BCUT2D eigenvalue weighted by atomic mass is 10.1. The molecule has 1 nitrogen and oxygen atoms in total. The Morgan fingerprint density at radius 2 is 2.33 bits per heavy atom. The molecule has 0 bridgehead atoms. The molecule has 2 heterocycles. The number of rotatable bonds is 4. The molecular weight excluding hydrogens is 337 g/mol. The summed E-state index contributed by atoms with van der Waals surface area (Å²) in [6.07, 6.45) is 0. The van der Waals surface area contributed by atoms with Gasteiger partial charge in [-0.3, -0.25) is 0 Å². The van der Waals surface area contributed by atoms with Crippen molar-refractivity contribution in [2.75, 3.05) is 6.54 Å². The molecule has 15 heavy (non-hydrogen) atoms. The van der Waals surface area contributed by atoms with Gasteiger partial charge < -0.3 is 5.32 Å². The Labute approximate surface area is 112 Å². The van der Waals surface area contributed by atoms with Crippen LogP contribution in [-0.2, 0) is 0 Å². The van der Waals surface area contributed by atoms with Crippen molar-refractivity contribution in [1.82, 2.24) is 5.32 Å². The third kappa shape index (κ3) is 2.81. The summed E-state index contributed by atoms with van der Waals surface area (Å²) in [5, 5.41) is 7.91. The number of thiophene rings is 2. The number of hydrogen-bond acceptors (Lipinski definition) is 3. The predicted molar refractivity (Wildman–Crippen MR) is 76.9 cm³/mol. The molecule has 1 unspecified atom stereocenters. The zero-order valence-corrected chi connectivity index (χ0v) is 12.2. The third-order valence-corrected chi connectivity index (χ3v) is 4.90. The van der Waals surface area contributed by atoms with Crippen LogP contribution in [0.3, 0.4) is 0 Å². The van der Waals surface area contributed by atoms with E-state index in [1.807, 2.05) is 22.7 Å². The Balaban J connectivity index is 2.27. The zero-order chi connectivity index (χ0) is 10.7. The van der Waals surface area contributed by atoms with Crippen LogP contribution in [0.1, 0.15) is 23.4 Å². The SMILES string of the molecule is CCNC(c1csc(I)c1)c1cccs1. The molecule has 80 valence electrons. The minimum absolute atomic E-state index is 0.370. The largest absolute Gasteiger partial charge is 0.306 e. The van der Waals surface area contributed by atoms with Crippen molar-refractivity contribution < 1.29 is 0 Å². The molecule has 0 fully saturated rings. The van der Waals surface area contributed by atoms with Crippen molar-refractivity contribution in [3.05, 3.63) is 42.3 Å². The van der Waals surface area contributed by atoms with E-state index in [4.69, 9.17) is 0 Å². The van der Waals surface area contributed by atoms with E-state index in [0.29, 0.717) is 6.04 Å². The van der Waals surface area contributed by atoms with Gasteiger partial charge in [0.2, 0.25) is 0 Å². The van der Waals surface area contributed by atoms with Gasteiger partial charge in [-0.05, 0) is 57.6 Å². The highest BCUT2D eigenvalue weighted by molar-refractivity contribution is 14.1. The first kappa shape index (κ1) is 11.6. The molecule has 0 saturated carbocycles. The van der Waals surface area contributed by atoms with Crippen LogP contribution in [0.2, 0.25) is 0 Å². The van der Waals surface area contributed by atoms with Crippen LogP contribution in [0.5, 0.6) is 0 Å². The van der Waals surface area contributed by atoms with Crippen LogP contribution < -0.4 is 5.32 Å². The van der Waals surface area contributed by atoms with Crippen LogP contribution in [0.4, 0.5) is 0 Å². The van der Waals surface area contributed by atoms with Gasteiger partial charge in [0, 0.05) is 4.88 Å². The highest BCUT2D eigenvalue weighted by atomic mass is 127. The summed E-state index contributed by atoms with van der Waals surface area (Å²) in [5.41, 5.74) is 1.38. The monoisotopic (exact) mass is 349 g/mol. The van der Waals surface area contributed by atoms with Crippen molar-refractivity contribution in [3.8, 4) is 0 Å². The van der Waals surface area contributed by atoms with Gasteiger partial charge in [-0.25, -0.2) is 0 Å². The molecule has 0 radical (unpaired) electrons. The van der Waals surface area contributed by atoms with Crippen molar-refractivity contribution in [2.24, 2.45) is 0 Å². The average Bonchev–Trinajstić information content (AvgIpc) is 2.85. The Morgan fingerprint density at radius 1 is 1.47 bits per heavy atom. The summed E-state index contributed by atoms with van der Waals surface area (Å²) in [5.74, 6) is 0. The maximum Gasteiger partial charge on any atom is 0.0679 e. The van der Waals surface area contributed by atoms with E-state index in [2.05, 4.69) is 63.8 Å².